The number of nitrogens with zero attached hydrogens (tertiary/aromatic N) is 1. The van der Waals surface area contributed by atoms with Crippen molar-refractivity contribution < 1.29 is 4.79 Å². The number of carbonyl (C=O) groups excluding carboxylic acids is 1. The van der Waals surface area contributed by atoms with Crippen LogP contribution in [0.25, 0.3) is 10.9 Å². The molecule has 4 heteroatoms. The number of anilines is 1. The van der Waals surface area contributed by atoms with Crippen LogP contribution in [0.4, 0.5) is 5.82 Å². The molecule has 1 aromatic carbocycles. The van der Waals surface area contributed by atoms with Gasteiger partial charge >= 0.3 is 0 Å². The molecule has 0 unspecified atom stereocenters. The minimum Gasteiger partial charge on any atom is -0.383 e. The average molecular weight is 251 g/mol. The van der Waals surface area contributed by atoms with Crippen molar-refractivity contribution in [2.75, 3.05) is 5.73 Å². The molecule has 1 heterocycles. The molecule has 70 valence electrons. The summed E-state index contributed by atoms with van der Waals surface area (Å²) >= 11 is 3.34. The average Bonchev–Trinajstić information content (AvgIpc) is 2.16. The fourth-order valence-electron chi connectivity index (χ4n) is 1.27. The van der Waals surface area contributed by atoms with Crippen molar-refractivity contribution in [3.63, 3.8) is 0 Å². The second kappa shape index (κ2) is 3.38. The highest BCUT2D eigenvalue weighted by Crippen LogP contribution is 2.21. The molecule has 0 aliphatic heterocycles. The van der Waals surface area contributed by atoms with Gasteiger partial charge in [0.05, 0.1) is 11.1 Å². The van der Waals surface area contributed by atoms with E-state index in [1.165, 1.54) is 0 Å². The Kier molecular flexibility index (Phi) is 2.21. The number of aromatic nitrogens is 1. The van der Waals surface area contributed by atoms with Crippen molar-refractivity contribution in [1.29, 1.82) is 0 Å². The Morgan fingerprint density at radius 3 is 2.86 bits per heavy atom. The van der Waals surface area contributed by atoms with Crippen molar-refractivity contribution in [2.24, 2.45) is 0 Å². The van der Waals surface area contributed by atoms with Crippen LogP contribution in [-0.2, 0) is 0 Å². The number of nitrogens with two attached hydrogens (primary N) is 1. The van der Waals surface area contributed by atoms with E-state index in [1.807, 2.05) is 18.2 Å². The van der Waals surface area contributed by atoms with Gasteiger partial charge in [0.1, 0.15) is 5.82 Å². The normalized spacial score (nSPS) is 10.4. The van der Waals surface area contributed by atoms with Crippen LogP contribution in [0.1, 0.15) is 10.4 Å². The molecule has 2 N–H and O–H groups in total. The van der Waals surface area contributed by atoms with E-state index >= 15 is 0 Å². The standard InChI is InChI=1S/C10H7BrN2O/c11-8-2-1-6-3-7(5-14)10(12)13-9(6)4-8/h1-5H,(H2,12,13). The van der Waals surface area contributed by atoms with Crippen molar-refractivity contribution in [1.82, 2.24) is 4.98 Å². The molecule has 0 bridgehead atoms. The molecule has 0 amide bonds. The first-order chi connectivity index (χ1) is 6.70. The molecule has 0 atom stereocenters. The van der Waals surface area contributed by atoms with Gasteiger partial charge in [0, 0.05) is 9.86 Å². The summed E-state index contributed by atoms with van der Waals surface area (Å²) in [6.07, 6.45) is 0.712. The third kappa shape index (κ3) is 1.48. The molecular weight excluding hydrogens is 244 g/mol. The van der Waals surface area contributed by atoms with Gasteiger partial charge in [-0.15, -0.1) is 0 Å². The largest absolute Gasteiger partial charge is 0.383 e. The molecule has 0 saturated heterocycles. The van der Waals surface area contributed by atoms with Crippen molar-refractivity contribution in [2.45, 2.75) is 0 Å². The van der Waals surface area contributed by atoms with Gasteiger partial charge in [-0.2, -0.15) is 0 Å². The Hall–Kier alpha value is -1.42. The summed E-state index contributed by atoms with van der Waals surface area (Å²) in [5.41, 5.74) is 6.80. The van der Waals surface area contributed by atoms with Crippen molar-refractivity contribution >= 4 is 38.9 Å². The first-order valence-electron chi connectivity index (χ1n) is 4.01. The smallest absolute Gasteiger partial charge is 0.153 e. The lowest BCUT2D eigenvalue weighted by molar-refractivity contribution is 0.112. The van der Waals surface area contributed by atoms with Crippen LogP contribution < -0.4 is 5.73 Å². The van der Waals surface area contributed by atoms with Gasteiger partial charge in [0.2, 0.25) is 0 Å². The molecule has 0 radical (unpaired) electrons. The van der Waals surface area contributed by atoms with Gasteiger partial charge < -0.3 is 5.73 Å². The van der Waals surface area contributed by atoms with E-state index in [1.54, 1.807) is 6.07 Å². The van der Waals surface area contributed by atoms with Crippen LogP contribution in [0.2, 0.25) is 0 Å². The van der Waals surface area contributed by atoms with Crippen LogP contribution in [0.3, 0.4) is 0 Å². The lowest BCUT2D eigenvalue weighted by atomic mass is 10.1. The van der Waals surface area contributed by atoms with Crippen molar-refractivity contribution in [3.05, 3.63) is 34.3 Å². The summed E-state index contributed by atoms with van der Waals surface area (Å²) in [5.74, 6) is 0.269. The highest BCUT2D eigenvalue weighted by Gasteiger charge is 2.02. The number of carbonyl (C=O) groups is 1. The zero-order chi connectivity index (χ0) is 10.1. The maximum Gasteiger partial charge on any atom is 0.153 e. The van der Waals surface area contributed by atoms with E-state index in [-0.39, 0.29) is 5.82 Å². The number of pyridine rings is 1. The summed E-state index contributed by atoms with van der Waals surface area (Å²) in [6.45, 7) is 0. The zero-order valence-corrected chi connectivity index (χ0v) is 8.78. The predicted molar refractivity (Wildman–Crippen MR) is 59.2 cm³/mol. The second-order valence-corrected chi connectivity index (χ2v) is 3.83. The molecule has 2 rings (SSSR count). The second-order valence-electron chi connectivity index (χ2n) is 2.92. The Labute approximate surface area is 89.1 Å². The summed E-state index contributed by atoms with van der Waals surface area (Å²) < 4.78 is 0.941. The SMILES string of the molecule is Nc1nc2cc(Br)ccc2cc1C=O. The first kappa shape index (κ1) is 9.15. The molecule has 1 aromatic heterocycles. The van der Waals surface area contributed by atoms with E-state index in [4.69, 9.17) is 5.73 Å². The van der Waals surface area contributed by atoms with Crippen LogP contribution in [0, 0.1) is 0 Å². The van der Waals surface area contributed by atoms with Gasteiger partial charge in [0.25, 0.3) is 0 Å². The molecule has 3 nitrogen and oxygen atoms in total. The molecule has 2 aromatic rings. The van der Waals surface area contributed by atoms with Crippen LogP contribution >= 0.6 is 15.9 Å². The van der Waals surface area contributed by atoms with E-state index in [9.17, 15) is 4.79 Å². The third-order valence-corrected chi connectivity index (χ3v) is 2.46. The number of halogens is 1. The zero-order valence-electron chi connectivity index (χ0n) is 7.20. The number of aldehydes is 1. The number of hydrogen-bond donors (Lipinski definition) is 1. The lowest BCUT2D eigenvalue weighted by Crippen LogP contribution is -1.96. The van der Waals surface area contributed by atoms with E-state index in [0.29, 0.717) is 11.8 Å². The van der Waals surface area contributed by atoms with Gasteiger partial charge in [0.15, 0.2) is 6.29 Å². The minimum atomic E-state index is 0.269. The third-order valence-electron chi connectivity index (χ3n) is 1.97. The molecule has 14 heavy (non-hydrogen) atoms. The molecule has 0 fully saturated rings. The Morgan fingerprint density at radius 2 is 2.14 bits per heavy atom. The number of benzene rings is 1. The highest BCUT2D eigenvalue weighted by atomic mass is 79.9. The van der Waals surface area contributed by atoms with Gasteiger partial charge in [-0.25, -0.2) is 4.98 Å². The lowest BCUT2D eigenvalue weighted by Gasteiger charge is -2.01. The molecule has 0 spiro atoms. The van der Waals surface area contributed by atoms with Gasteiger partial charge in [-0.05, 0) is 18.2 Å². The summed E-state index contributed by atoms with van der Waals surface area (Å²) in [6, 6.07) is 7.38. The molecule has 0 aliphatic carbocycles. The maximum atomic E-state index is 10.6. The fraction of sp³-hybridized carbons (Fsp3) is 0. The summed E-state index contributed by atoms with van der Waals surface area (Å²) in [5, 5.41) is 0.907. The van der Waals surface area contributed by atoms with Gasteiger partial charge in [-0.1, -0.05) is 22.0 Å². The van der Waals surface area contributed by atoms with Crippen LogP contribution in [-0.4, -0.2) is 11.3 Å². The van der Waals surface area contributed by atoms with Crippen LogP contribution in [0.15, 0.2) is 28.7 Å². The van der Waals surface area contributed by atoms with Gasteiger partial charge in [-0.3, -0.25) is 4.79 Å². The monoisotopic (exact) mass is 250 g/mol. The molecular formula is C10H7BrN2O. The molecule has 0 saturated carbocycles. The Morgan fingerprint density at radius 1 is 1.36 bits per heavy atom. The fourth-order valence-corrected chi connectivity index (χ4v) is 1.61. The number of nitrogen functional groups attached to an aromatic ring is 1. The summed E-state index contributed by atoms with van der Waals surface area (Å²) in [7, 11) is 0. The molecule has 0 aliphatic rings. The number of fused-ring (bicyclic) bond motifs is 1. The minimum absolute atomic E-state index is 0.269. The Bertz CT molecular complexity index is 511. The maximum absolute atomic E-state index is 10.6. The van der Waals surface area contributed by atoms with Crippen molar-refractivity contribution in [3.8, 4) is 0 Å². The first-order valence-corrected chi connectivity index (χ1v) is 4.81. The Balaban J connectivity index is 2.79. The highest BCUT2D eigenvalue weighted by molar-refractivity contribution is 9.10. The topological polar surface area (TPSA) is 56.0 Å². The number of rotatable bonds is 1. The summed E-state index contributed by atoms with van der Waals surface area (Å²) in [4.78, 5) is 14.7. The van der Waals surface area contributed by atoms with E-state index in [0.717, 1.165) is 15.4 Å². The number of hydrogen-bond acceptors (Lipinski definition) is 3. The predicted octanol–water partition coefficient (Wildman–Crippen LogP) is 2.39. The van der Waals surface area contributed by atoms with Crippen LogP contribution in [0.5, 0.6) is 0 Å². The quantitative estimate of drug-likeness (QED) is 0.791. The van der Waals surface area contributed by atoms with E-state index in [2.05, 4.69) is 20.9 Å². The van der Waals surface area contributed by atoms with E-state index < -0.39 is 0 Å².